The van der Waals surface area contributed by atoms with Crippen LogP contribution in [0.2, 0.25) is 5.02 Å². The standard InChI is InChI=1S/C25H34ClN4O5/c1-16(35-28-30(32)29(6)25(3,4)5)8-7-9-22(31)34-23-17(2)27-14-20-21(23)15-33-24(20)18-10-12-19(26)13-11-18/h10-14,16,24H,7-9,15H2,1-6H3,(H,28,32)/q+1/t16?,24-/m0/s1. The number of nitroso groups, excluding NO2 is 1. The van der Waals surface area contributed by atoms with Crippen LogP contribution in [0.15, 0.2) is 30.5 Å². The van der Waals surface area contributed by atoms with Gasteiger partial charge in [0.2, 0.25) is 0 Å². The number of nitrogens with one attached hydrogen (secondary N) is 1. The molecular formula is C25H34ClN4O5+. The summed E-state index contributed by atoms with van der Waals surface area (Å²) in [5.74, 6) is 0.110. The fourth-order valence-electron chi connectivity index (χ4n) is 3.56. The highest BCUT2D eigenvalue weighted by molar-refractivity contribution is 6.30. The van der Waals surface area contributed by atoms with Gasteiger partial charge < -0.3 is 9.47 Å². The van der Waals surface area contributed by atoms with Gasteiger partial charge in [-0.2, -0.15) is 0 Å². The number of ether oxygens (including phenoxy) is 2. The SMILES string of the molecule is Cc1ncc2c(c1OC(=O)CCCC(C)ON[N+](=O)N(C)C(C)(C)C)CO[C@H]2c1ccc(Cl)cc1. The number of halogens is 1. The maximum absolute atomic E-state index is 12.6. The summed E-state index contributed by atoms with van der Waals surface area (Å²) < 4.78 is 11.7. The number of nitrogens with zero attached hydrogens (tertiary/aromatic N) is 3. The Kier molecular flexibility index (Phi) is 8.69. The number of carbonyl (C=O) groups is 1. The minimum atomic E-state index is -0.352. The van der Waals surface area contributed by atoms with Gasteiger partial charge in [-0.15, -0.1) is 5.01 Å². The van der Waals surface area contributed by atoms with E-state index in [1.807, 2.05) is 58.9 Å². The number of fused-ring (bicyclic) bond motifs is 1. The van der Waals surface area contributed by atoms with Gasteiger partial charge in [-0.3, -0.25) is 9.78 Å². The number of esters is 1. The lowest BCUT2D eigenvalue weighted by molar-refractivity contribution is -0.797. The fraction of sp³-hybridized carbons (Fsp3) is 0.520. The van der Waals surface area contributed by atoms with E-state index in [0.717, 1.165) is 16.7 Å². The van der Waals surface area contributed by atoms with E-state index in [9.17, 15) is 9.70 Å². The molecule has 0 radical (unpaired) electrons. The number of benzene rings is 1. The summed E-state index contributed by atoms with van der Waals surface area (Å²) >= 11 is 6.00. The van der Waals surface area contributed by atoms with Crippen molar-refractivity contribution in [1.29, 1.82) is 0 Å². The molecule has 1 aromatic heterocycles. The highest BCUT2D eigenvalue weighted by Crippen LogP contribution is 2.41. The second-order valence-electron chi connectivity index (χ2n) is 9.70. The Morgan fingerprint density at radius 3 is 2.69 bits per heavy atom. The lowest BCUT2D eigenvalue weighted by Gasteiger charge is -2.23. The second-order valence-corrected chi connectivity index (χ2v) is 10.1. The van der Waals surface area contributed by atoms with E-state index in [0.29, 0.717) is 40.9 Å². The molecule has 9 nitrogen and oxygen atoms in total. The molecule has 0 fully saturated rings. The van der Waals surface area contributed by atoms with Crippen LogP contribution in [0, 0.1) is 11.8 Å². The predicted molar refractivity (Wildman–Crippen MR) is 131 cm³/mol. The number of aryl methyl sites for hydroxylation is 1. The number of hydrogen-bond donors (Lipinski definition) is 1. The third kappa shape index (κ3) is 6.90. The van der Waals surface area contributed by atoms with Crippen molar-refractivity contribution in [2.75, 3.05) is 7.05 Å². The molecule has 0 amide bonds. The van der Waals surface area contributed by atoms with Crippen LogP contribution in [0.3, 0.4) is 0 Å². The molecule has 1 unspecified atom stereocenters. The van der Waals surface area contributed by atoms with Gasteiger partial charge in [0.05, 0.1) is 35.9 Å². The summed E-state index contributed by atoms with van der Waals surface area (Å²) in [4.78, 5) is 35.0. The topological polar surface area (TPSA) is 93.0 Å². The van der Waals surface area contributed by atoms with Crippen molar-refractivity contribution < 1.29 is 24.1 Å². The first kappa shape index (κ1) is 26.8. The molecule has 1 aliphatic heterocycles. The Hall–Kier alpha value is -2.75. The van der Waals surface area contributed by atoms with Crippen LogP contribution in [0.25, 0.3) is 0 Å². The molecule has 0 saturated heterocycles. The third-order valence-electron chi connectivity index (χ3n) is 5.98. The van der Waals surface area contributed by atoms with Crippen LogP contribution < -0.4 is 10.3 Å². The van der Waals surface area contributed by atoms with Crippen LogP contribution in [0.5, 0.6) is 5.75 Å². The van der Waals surface area contributed by atoms with Crippen LogP contribution in [-0.2, 0) is 21.0 Å². The van der Waals surface area contributed by atoms with Crippen molar-refractivity contribution >= 4 is 17.6 Å². The molecule has 2 atom stereocenters. The third-order valence-corrected chi connectivity index (χ3v) is 6.23. The first-order chi connectivity index (χ1) is 16.5. The minimum Gasteiger partial charge on any atom is -0.424 e. The van der Waals surface area contributed by atoms with Crippen LogP contribution in [0.4, 0.5) is 0 Å². The molecule has 0 saturated carbocycles. The Labute approximate surface area is 211 Å². The van der Waals surface area contributed by atoms with E-state index in [1.165, 1.54) is 5.01 Å². The zero-order valence-corrected chi connectivity index (χ0v) is 21.9. The van der Waals surface area contributed by atoms with Gasteiger partial charge in [0.1, 0.15) is 6.10 Å². The normalized spacial score (nSPS) is 15.9. The first-order valence-corrected chi connectivity index (χ1v) is 12.0. The van der Waals surface area contributed by atoms with E-state index in [1.54, 1.807) is 13.2 Å². The lowest BCUT2D eigenvalue weighted by atomic mass is 10.0. The molecule has 1 aliphatic rings. The summed E-state index contributed by atoms with van der Waals surface area (Å²) in [5, 5.41) is 2.13. The molecule has 10 heteroatoms. The van der Waals surface area contributed by atoms with Crippen molar-refractivity contribution in [3.63, 3.8) is 0 Å². The molecule has 1 aromatic carbocycles. The monoisotopic (exact) mass is 505 g/mol. The summed E-state index contributed by atoms with van der Waals surface area (Å²) in [6.07, 6.45) is 2.54. The predicted octanol–water partition coefficient (Wildman–Crippen LogP) is 4.99. The second kappa shape index (κ2) is 11.3. The highest BCUT2D eigenvalue weighted by atomic mass is 35.5. The van der Waals surface area contributed by atoms with Gasteiger partial charge in [-0.25, -0.2) is 4.84 Å². The average Bonchev–Trinajstić information content (AvgIpc) is 3.23. The van der Waals surface area contributed by atoms with Crippen molar-refractivity contribution in [2.45, 2.75) is 78.2 Å². The van der Waals surface area contributed by atoms with Gasteiger partial charge >= 0.3 is 5.97 Å². The minimum absolute atomic E-state index is 0.210. The molecule has 0 spiro atoms. The number of pyridine rings is 1. The van der Waals surface area contributed by atoms with Crippen molar-refractivity contribution in [1.82, 2.24) is 15.6 Å². The fourth-order valence-corrected chi connectivity index (χ4v) is 3.68. The Bertz CT molecular complexity index is 1060. The first-order valence-electron chi connectivity index (χ1n) is 11.7. The number of carbonyl (C=O) groups excluding carboxylic acids is 1. The molecule has 3 rings (SSSR count). The van der Waals surface area contributed by atoms with E-state index in [-0.39, 0.29) is 30.1 Å². The average molecular weight is 506 g/mol. The van der Waals surface area contributed by atoms with Gasteiger partial charge in [-0.1, -0.05) is 23.7 Å². The Morgan fingerprint density at radius 2 is 2.03 bits per heavy atom. The van der Waals surface area contributed by atoms with E-state index in [2.05, 4.69) is 10.6 Å². The zero-order chi connectivity index (χ0) is 25.8. The molecule has 1 N–H and O–H groups in total. The lowest BCUT2D eigenvalue weighted by Crippen LogP contribution is -2.50. The van der Waals surface area contributed by atoms with Crippen molar-refractivity contribution in [3.8, 4) is 5.75 Å². The summed E-state index contributed by atoms with van der Waals surface area (Å²) in [6, 6.07) is 7.47. The van der Waals surface area contributed by atoms with Crippen LogP contribution in [-0.4, -0.2) is 39.6 Å². The molecule has 2 heterocycles. The van der Waals surface area contributed by atoms with Gasteiger partial charge in [-0.05, 0) is 65.2 Å². The van der Waals surface area contributed by atoms with Crippen molar-refractivity contribution in [2.24, 2.45) is 0 Å². The van der Waals surface area contributed by atoms with E-state index in [4.69, 9.17) is 25.9 Å². The van der Waals surface area contributed by atoms with Gasteiger partial charge in [0.15, 0.2) is 5.75 Å². The molecule has 35 heavy (non-hydrogen) atoms. The number of hydrogen-bond acceptors (Lipinski definition) is 6. The highest BCUT2D eigenvalue weighted by Gasteiger charge is 2.31. The molecule has 0 aliphatic carbocycles. The number of rotatable bonds is 10. The van der Waals surface area contributed by atoms with Gasteiger partial charge in [0.25, 0.3) is 4.98 Å². The molecule has 0 bridgehead atoms. The molecular weight excluding hydrogens is 472 g/mol. The maximum atomic E-state index is 12.6. The molecule has 190 valence electrons. The zero-order valence-electron chi connectivity index (χ0n) is 21.1. The largest absolute Gasteiger partial charge is 0.424 e. The smallest absolute Gasteiger partial charge is 0.311 e. The quantitative estimate of drug-likeness (QED) is 0.274. The number of aromatic nitrogens is 1. The van der Waals surface area contributed by atoms with E-state index < -0.39 is 0 Å². The van der Waals surface area contributed by atoms with Gasteiger partial charge in [0, 0.05) is 34.4 Å². The summed E-state index contributed by atoms with van der Waals surface area (Å²) in [7, 11) is 1.67. The maximum Gasteiger partial charge on any atom is 0.311 e. The molecule has 2 aromatic rings. The van der Waals surface area contributed by atoms with Crippen molar-refractivity contribution in [3.05, 3.63) is 62.8 Å². The van der Waals surface area contributed by atoms with E-state index >= 15 is 0 Å². The summed E-state index contributed by atoms with van der Waals surface area (Å²) in [6.45, 7) is 9.71. The van der Waals surface area contributed by atoms with Crippen LogP contribution in [0.1, 0.15) is 75.4 Å². The number of hydrazine groups is 2. The van der Waals surface area contributed by atoms with Crippen LogP contribution >= 0.6 is 11.6 Å². The summed E-state index contributed by atoms with van der Waals surface area (Å²) in [5.41, 5.74) is 5.35. The Balaban J connectivity index is 1.52. The Morgan fingerprint density at radius 1 is 1.34 bits per heavy atom.